The molecule has 1 fully saturated rings. The molecule has 0 aliphatic carbocycles. The van der Waals surface area contributed by atoms with Crippen LogP contribution in [0.25, 0.3) is 0 Å². The molecule has 3 rings (SSSR count). The third-order valence-electron chi connectivity index (χ3n) is 4.37. The van der Waals surface area contributed by atoms with Crippen LogP contribution in [-0.4, -0.2) is 30.6 Å². The highest BCUT2D eigenvalue weighted by Gasteiger charge is 2.20. The number of amides is 2. The first-order valence-corrected chi connectivity index (χ1v) is 7.65. The number of carbonyl (C=O) groups excluding carboxylic acids is 1. The number of nitrogens with zero attached hydrogens (tertiary/aromatic N) is 1. The molecule has 108 valence electrons. The number of carbonyl (C=O) groups is 1. The van der Waals surface area contributed by atoms with Crippen molar-refractivity contribution in [1.82, 2.24) is 4.90 Å². The molecule has 0 saturated carbocycles. The second-order valence-electron chi connectivity index (χ2n) is 6.00. The second-order valence-corrected chi connectivity index (χ2v) is 6.00. The SMILES string of the molecule is CC1CCN(C(=O)Nc2ccc3c(c2)NCCC3)CC1. The van der Waals surface area contributed by atoms with Crippen molar-refractivity contribution < 1.29 is 4.79 Å². The van der Waals surface area contributed by atoms with Crippen molar-refractivity contribution in [2.45, 2.75) is 32.6 Å². The fraction of sp³-hybridized carbons (Fsp3) is 0.562. The molecule has 1 saturated heterocycles. The van der Waals surface area contributed by atoms with E-state index in [4.69, 9.17) is 0 Å². The molecule has 0 spiro atoms. The number of fused-ring (bicyclic) bond motifs is 1. The predicted octanol–water partition coefficient (Wildman–Crippen LogP) is 3.31. The zero-order valence-corrected chi connectivity index (χ0v) is 12.1. The van der Waals surface area contributed by atoms with Gasteiger partial charge in [0.15, 0.2) is 0 Å². The van der Waals surface area contributed by atoms with Gasteiger partial charge in [-0.1, -0.05) is 13.0 Å². The highest BCUT2D eigenvalue weighted by atomic mass is 16.2. The lowest BCUT2D eigenvalue weighted by Gasteiger charge is -2.30. The summed E-state index contributed by atoms with van der Waals surface area (Å²) in [7, 11) is 0. The van der Waals surface area contributed by atoms with Crippen LogP contribution in [-0.2, 0) is 6.42 Å². The van der Waals surface area contributed by atoms with E-state index in [1.807, 2.05) is 11.0 Å². The Balaban J connectivity index is 1.64. The molecule has 0 atom stereocenters. The van der Waals surface area contributed by atoms with E-state index in [-0.39, 0.29) is 6.03 Å². The lowest BCUT2D eigenvalue weighted by atomic mass is 10.00. The van der Waals surface area contributed by atoms with Gasteiger partial charge in [0.05, 0.1) is 0 Å². The summed E-state index contributed by atoms with van der Waals surface area (Å²) in [5.74, 6) is 0.743. The van der Waals surface area contributed by atoms with Crippen LogP contribution in [0.5, 0.6) is 0 Å². The third kappa shape index (κ3) is 2.89. The fourth-order valence-corrected chi connectivity index (χ4v) is 2.95. The van der Waals surface area contributed by atoms with Gasteiger partial charge in [0.2, 0.25) is 0 Å². The molecule has 4 heteroatoms. The summed E-state index contributed by atoms with van der Waals surface area (Å²) in [6.07, 6.45) is 4.53. The Morgan fingerprint density at radius 3 is 2.95 bits per heavy atom. The average molecular weight is 273 g/mol. The maximum atomic E-state index is 12.2. The summed E-state index contributed by atoms with van der Waals surface area (Å²) in [5.41, 5.74) is 3.41. The summed E-state index contributed by atoms with van der Waals surface area (Å²) in [6, 6.07) is 6.22. The first kappa shape index (κ1) is 13.3. The van der Waals surface area contributed by atoms with E-state index < -0.39 is 0 Å². The first-order valence-electron chi connectivity index (χ1n) is 7.65. The van der Waals surface area contributed by atoms with Crippen molar-refractivity contribution in [2.24, 2.45) is 5.92 Å². The van der Waals surface area contributed by atoms with Crippen molar-refractivity contribution in [2.75, 3.05) is 30.3 Å². The van der Waals surface area contributed by atoms with Crippen LogP contribution >= 0.6 is 0 Å². The van der Waals surface area contributed by atoms with E-state index in [0.717, 1.165) is 50.5 Å². The van der Waals surface area contributed by atoms with Gasteiger partial charge in [0.1, 0.15) is 0 Å². The van der Waals surface area contributed by atoms with E-state index in [9.17, 15) is 4.79 Å². The highest BCUT2D eigenvalue weighted by Crippen LogP contribution is 2.26. The maximum Gasteiger partial charge on any atom is 0.321 e. The van der Waals surface area contributed by atoms with E-state index in [2.05, 4.69) is 29.7 Å². The third-order valence-corrected chi connectivity index (χ3v) is 4.37. The Morgan fingerprint density at radius 1 is 1.35 bits per heavy atom. The summed E-state index contributed by atoms with van der Waals surface area (Å²) in [6.45, 7) is 5.02. The van der Waals surface area contributed by atoms with Crippen LogP contribution in [0.4, 0.5) is 16.2 Å². The first-order chi connectivity index (χ1) is 9.72. The lowest BCUT2D eigenvalue weighted by molar-refractivity contribution is 0.186. The molecule has 0 aromatic heterocycles. The molecule has 2 N–H and O–H groups in total. The van der Waals surface area contributed by atoms with Gasteiger partial charge in [-0.3, -0.25) is 0 Å². The number of likely N-dealkylation sites (tertiary alicyclic amines) is 1. The number of hydrogen-bond acceptors (Lipinski definition) is 2. The monoisotopic (exact) mass is 273 g/mol. The molecular formula is C16H23N3O. The number of urea groups is 1. The minimum atomic E-state index is 0.0349. The van der Waals surface area contributed by atoms with Gasteiger partial charge in [-0.2, -0.15) is 0 Å². The highest BCUT2D eigenvalue weighted by molar-refractivity contribution is 5.90. The van der Waals surface area contributed by atoms with Crippen molar-refractivity contribution in [3.05, 3.63) is 23.8 Å². The van der Waals surface area contributed by atoms with Gasteiger partial charge in [0.25, 0.3) is 0 Å². The Hall–Kier alpha value is -1.71. The standard InChI is InChI=1S/C16H23N3O/c1-12-6-9-19(10-7-12)16(20)18-14-5-4-13-3-2-8-17-15(13)11-14/h4-5,11-12,17H,2-3,6-10H2,1H3,(H,18,20). The summed E-state index contributed by atoms with van der Waals surface area (Å²) in [5, 5.41) is 6.42. The Bertz CT molecular complexity index is 492. The number of nitrogens with one attached hydrogen (secondary N) is 2. The van der Waals surface area contributed by atoms with Crippen LogP contribution in [0, 0.1) is 5.92 Å². The van der Waals surface area contributed by atoms with Crippen molar-refractivity contribution >= 4 is 17.4 Å². The van der Waals surface area contributed by atoms with Gasteiger partial charge in [-0.15, -0.1) is 0 Å². The molecule has 20 heavy (non-hydrogen) atoms. The number of hydrogen-bond donors (Lipinski definition) is 2. The number of aryl methyl sites for hydroxylation is 1. The second kappa shape index (κ2) is 5.73. The van der Waals surface area contributed by atoms with Gasteiger partial charge >= 0.3 is 6.03 Å². The molecule has 1 aromatic carbocycles. The van der Waals surface area contributed by atoms with Crippen LogP contribution in [0.15, 0.2) is 18.2 Å². The molecule has 2 amide bonds. The van der Waals surface area contributed by atoms with Crippen LogP contribution in [0.3, 0.4) is 0 Å². The zero-order valence-electron chi connectivity index (χ0n) is 12.1. The Morgan fingerprint density at radius 2 is 2.15 bits per heavy atom. The lowest BCUT2D eigenvalue weighted by Crippen LogP contribution is -2.40. The molecule has 2 aliphatic heterocycles. The van der Waals surface area contributed by atoms with E-state index in [0.29, 0.717) is 0 Å². The van der Waals surface area contributed by atoms with Crippen molar-refractivity contribution in [1.29, 1.82) is 0 Å². The minimum absolute atomic E-state index is 0.0349. The summed E-state index contributed by atoms with van der Waals surface area (Å²) < 4.78 is 0. The number of benzene rings is 1. The smallest absolute Gasteiger partial charge is 0.321 e. The number of piperidine rings is 1. The number of rotatable bonds is 1. The Labute approximate surface area is 120 Å². The van der Waals surface area contributed by atoms with E-state index in [1.165, 1.54) is 17.7 Å². The normalized spacial score (nSPS) is 19.1. The topological polar surface area (TPSA) is 44.4 Å². The summed E-state index contributed by atoms with van der Waals surface area (Å²) in [4.78, 5) is 14.2. The summed E-state index contributed by atoms with van der Waals surface area (Å²) >= 11 is 0. The van der Waals surface area contributed by atoms with E-state index >= 15 is 0 Å². The molecule has 4 nitrogen and oxygen atoms in total. The molecule has 2 aliphatic rings. The van der Waals surface area contributed by atoms with Crippen LogP contribution in [0.1, 0.15) is 31.7 Å². The van der Waals surface area contributed by atoms with Crippen molar-refractivity contribution in [3.8, 4) is 0 Å². The molecule has 0 radical (unpaired) electrons. The van der Waals surface area contributed by atoms with Gasteiger partial charge in [-0.05, 0) is 49.3 Å². The average Bonchev–Trinajstić information content (AvgIpc) is 2.48. The van der Waals surface area contributed by atoms with Gasteiger partial charge < -0.3 is 15.5 Å². The van der Waals surface area contributed by atoms with Gasteiger partial charge in [-0.25, -0.2) is 4.79 Å². The minimum Gasteiger partial charge on any atom is -0.385 e. The van der Waals surface area contributed by atoms with Crippen LogP contribution < -0.4 is 10.6 Å². The molecular weight excluding hydrogens is 250 g/mol. The molecule has 0 bridgehead atoms. The fourth-order valence-electron chi connectivity index (χ4n) is 2.95. The van der Waals surface area contributed by atoms with Gasteiger partial charge in [0, 0.05) is 31.0 Å². The molecule has 2 heterocycles. The maximum absolute atomic E-state index is 12.2. The van der Waals surface area contributed by atoms with Crippen molar-refractivity contribution in [3.63, 3.8) is 0 Å². The van der Waals surface area contributed by atoms with E-state index in [1.54, 1.807) is 0 Å². The largest absolute Gasteiger partial charge is 0.385 e. The van der Waals surface area contributed by atoms with Crippen LogP contribution in [0.2, 0.25) is 0 Å². The Kier molecular flexibility index (Phi) is 3.81. The number of anilines is 2. The quantitative estimate of drug-likeness (QED) is 0.824. The molecule has 1 aromatic rings. The molecule has 0 unspecified atom stereocenters. The predicted molar refractivity (Wildman–Crippen MR) is 82.2 cm³/mol. The zero-order chi connectivity index (χ0) is 13.9.